The molecule has 29 heavy (non-hydrogen) atoms. The van der Waals surface area contributed by atoms with Crippen LogP contribution in [-0.2, 0) is 0 Å². The highest BCUT2D eigenvalue weighted by molar-refractivity contribution is 9.10. The van der Waals surface area contributed by atoms with Gasteiger partial charge in [0.05, 0.1) is 11.8 Å². The molecule has 0 aliphatic carbocycles. The van der Waals surface area contributed by atoms with Gasteiger partial charge in [0.15, 0.2) is 0 Å². The number of halogens is 2. The van der Waals surface area contributed by atoms with E-state index < -0.39 is 0 Å². The summed E-state index contributed by atoms with van der Waals surface area (Å²) in [6.45, 7) is 5.50. The number of benzene rings is 2. The Morgan fingerprint density at radius 1 is 1.17 bits per heavy atom. The Labute approximate surface area is 185 Å². The number of piperidine rings is 1. The fourth-order valence-corrected chi connectivity index (χ4v) is 5.35. The lowest BCUT2D eigenvalue weighted by molar-refractivity contribution is -0.149. The van der Waals surface area contributed by atoms with Gasteiger partial charge in [-0.2, -0.15) is 5.10 Å². The Hall–Kier alpha value is -1.56. The zero-order valence-corrected chi connectivity index (χ0v) is 18.9. The van der Waals surface area contributed by atoms with Gasteiger partial charge in [-0.1, -0.05) is 46.6 Å². The zero-order valence-electron chi connectivity index (χ0n) is 16.6. The monoisotopic (exact) mass is 473 g/mol. The fraction of sp³-hybridized carbons (Fsp3) is 0.435. The van der Waals surface area contributed by atoms with Gasteiger partial charge in [0, 0.05) is 47.4 Å². The van der Waals surface area contributed by atoms with Crippen molar-refractivity contribution in [1.29, 1.82) is 0 Å². The van der Waals surface area contributed by atoms with Crippen molar-refractivity contribution in [2.24, 2.45) is 5.10 Å². The summed E-state index contributed by atoms with van der Waals surface area (Å²) < 4.78 is 7.79. The molecule has 1 atom stereocenters. The summed E-state index contributed by atoms with van der Waals surface area (Å²) in [4.78, 5) is 2.54. The number of rotatable bonds is 3. The van der Waals surface area contributed by atoms with E-state index >= 15 is 0 Å². The van der Waals surface area contributed by atoms with Gasteiger partial charge in [-0.3, -0.25) is 0 Å². The van der Waals surface area contributed by atoms with Gasteiger partial charge in [0.25, 0.3) is 0 Å². The number of nitrogens with zero attached hydrogens (tertiary/aromatic N) is 3. The Bertz CT molecular complexity index is 938. The van der Waals surface area contributed by atoms with E-state index in [9.17, 15) is 0 Å². The first-order valence-electron chi connectivity index (χ1n) is 10.4. The van der Waals surface area contributed by atoms with Gasteiger partial charge in [-0.15, -0.1) is 0 Å². The summed E-state index contributed by atoms with van der Waals surface area (Å²) in [5.74, 6) is 1.01. The van der Waals surface area contributed by atoms with Crippen molar-refractivity contribution in [3.8, 4) is 5.75 Å². The van der Waals surface area contributed by atoms with E-state index in [0.717, 1.165) is 65.4 Å². The van der Waals surface area contributed by atoms with Crippen LogP contribution in [0.5, 0.6) is 5.75 Å². The van der Waals surface area contributed by atoms with E-state index in [1.165, 1.54) is 12.0 Å². The summed E-state index contributed by atoms with van der Waals surface area (Å²) >= 11 is 9.74. The Kier molecular flexibility index (Phi) is 5.09. The highest BCUT2D eigenvalue weighted by Gasteiger charge is 2.51. The summed E-state index contributed by atoms with van der Waals surface area (Å²) in [5, 5.41) is 8.16. The number of hydrogen-bond donors (Lipinski definition) is 0. The van der Waals surface area contributed by atoms with Crippen molar-refractivity contribution < 1.29 is 4.74 Å². The number of hydrogen-bond acceptors (Lipinski definition) is 4. The third kappa shape index (κ3) is 3.47. The Morgan fingerprint density at radius 2 is 1.93 bits per heavy atom. The van der Waals surface area contributed by atoms with Crippen molar-refractivity contribution in [2.75, 3.05) is 19.6 Å². The number of likely N-dealkylation sites (tertiary alicyclic amines) is 1. The summed E-state index contributed by atoms with van der Waals surface area (Å²) in [7, 11) is 0. The number of hydrazone groups is 1. The topological polar surface area (TPSA) is 28.1 Å². The van der Waals surface area contributed by atoms with Crippen LogP contribution in [0.2, 0.25) is 5.02 Å². The van der Waals surface area contributed by atoms with Crippen LogP contribution in [0, 0.1) is 0 Å². The molecule has 0 bridgehead atoms. The van der Waals surface area contributed by atoms with Crippen molar-refractivity contribution in [2.45, 2.75) is 44.4 Å². The molecule has 0 aromatic heterocycles. The highest BCUT2D eigenvalue weighted by Crippen LogP contribution is 2.50. The van der Waals surface area contributed by atoms with E-state index in [0.29, 0.717) is 0 Å². The van der Waals surface area contributed by atoms with Crippen molar-refractivity contribution >= 4 is 33.2 Å². The zero-order chi connectivity index (χ0) is 20.0. The molecule has 2 aromatic carbocycles. The predicted molar refractivity (Wildman–Crippen MR) is 121 cm³/mol. The number of fused-ring (bicyclic) bond motifs is 4. The molecule has 2 aromatic rings. The van der Waals surface area contributed by atoms with Crippen LogP contribution in [-0.4, -0.2) is 41.0 Å². The summed E-state index contributed by atoms with van der Waals surface area (Å²) in [5.41, 5.74) is 3.11. The molecule has 4 nitrogen and oxygen atoms in total. The molecule has 0 radical (unpaired) electrons. The molecule has 152 valence electrons. The summed E-state index contributed by atoms with van der Waals surface area (Å²) in [6.07, 6.45) is 4.01. The molecule has 0 N–H and O–H groups in total. The maximum absolute atomic E-state index is 6.71. The second-order valence-corrected chi connectivity index (χ2v) is 9.54. The lowest BCUT2D eigenvalue weighted by Gasteiger charge is -2.51. The van der Waals surface area contributed by atoms with E-state index in [-0.39, 0.29) is 11.8 Å². The second kappa shape index (κ2) is 7.60. The molecule has 3 aliphatic heterocycles. The average Bonchev–Trinajstić information content (AvgIpc) is 3.18. The van der Waals surface area contributed by atoms with E-state index in [1.54, 1.807) is 0 Å². The molecule has 3 heterocycles. The highest BCUT2D eigenvalue weighted by atomic mass is 79.9. The van der Waals surface area contributed by atoms with E-state index in [2.05, 4.69) is 63.1 Å². The molecule has 3 aliphatic rings. The molecule has 6 heteroatoms. The van der Waals surface area contributed by atoms with Gasteiger partial charge in [-0.25, -0.2) is 5.01 Å². The second-order valence-electron chi connectivity index (χ2n) is 8.19. The van der Waals surface area contributed by atoms with Crippen LogP contribution < -0.4 is 4.74 Å². The van der Waals surface area contributed by atoms with Crippen LogP contribution in [0.4, 0.5) is 0 Å². The normalized spacial score (nSPS) is 22.8. The average molecular weight is 475 g/mol. The molecule has 1 saturated heterocycles. The van der Waals surface area contributed by atoms with Gasteiger partial charge in [0.2, 0.25) is 5.72 Å². The van der Waals surface area contributed by atoms with Crippen LogP contribution in [0.15, 0.2) is 52.0 Å². The maximum Gasteiger partial charge on any atom is 0.200 e. The van der Waals surface area contributed by atoms with Gasteiger partial charge >= 0.3 is 0 Å². The van der Waals surface area contributed by atoms with Crippen molar-refractivity contribution in [1.82, 2.24) is 9.91 Å². The molecule has 5 rings (SSSR count). The molecule has 1 spiro atoms. The van der Waals surface area contributed by atoms with Crippen molar-refractivity contribution in [3.05, 3.63) is 63.1 Å². The maximum atomic E-state index is 6.71. The quantitative estimate of drug-likeness (QED) is 0.559. The molecular formula is C23H25BrClN3O. The van der Waals surface area contributed by atoms with Gasteiger partial charge in [0.1, 0.15) is 5.75 Å². The number of ether oxygens (including phenoxy) is 1. The van der Waals surface area contributed by atoms with Crippen LogP contribution in [0.1, 0.15) is 49.8 Å². The first-order valence-corrected chi connectivity index (χ1v) is 11.6. The minimum atomic E-state index is -0.357. The molecule has 0 unspecified atom stereocenters. The van der Waals surface area contributed by atoms with Crippen LogP contribution >= 0.6 is 27.5 Å². The minimum Gasteiger partial charge on any atom is -0.466 e. The van der Waals surface area contributed by atoms with Crippen LogP contribution in [0.3, 0.4) is 0 Å². The lowest BCUT2D eigenvalue weighted by atomic mass is 9.90. The Balaban J connectivity index is 1.52. The largest absolute Gasteiger partial charge is 0.466 e. The van der Waals surface area contributed by atoms with E-state index in [4.69, 9.17) is 21.4 Å². The third-order valence-electron chi connectivity index (χ3n) is 6.31. The molecule has 1 fully saturated rings. The smallest absolute Gasteiger partial charge is 0.200 e. The SMILES string of the molecule is CCCN1CCC2(CC1)Oc1ccc(Br)cc1[C@@H]1CC(c3ccc(Cl)cc3)=NN12. The first kappa shape index (κ1) is 19.4. The van der Waals surface area contributed by atoms with Crippen molar-refractivity contribution in [3.63, 3.8) is 0 Å². The molecule has 0 saturated carbocycles. The minimum absolute atomic E-state index is 0.208. The standard InChI is InChI=1S/C23H25BrClN3O/c1-2-11-27-12-9-23(10-13-27)28-21(19-14-17(24)5-8-22(19)29-23)15-20(26-28)16-3-6-18(25)7-4-16/h3-8,14,21H,2,9-13,15H2,1H3/t21-/m0/s1. The molecular weight excluding hydrogens is 450 g/mol. The predicted octanol–water partition coefficient (Wildman–Crippen LogP) is 5.85. The lowest BCUT2D eigenvalue weighted by Crippen LogP contribution is -2.59. The summed E-state index contributed by atoms with van der Waals surface area (Å²) in [6, 6.07) is 14.6. The Morgan fingerprint density at radius 3 is 2.66 bits per heavy atom. The van der Waals surface area contributed by atoms with E-state index in [1.807, 2.05) is 12.1 Å². The molecule has 0 amide bonds. The van der Waals surface area contributed by atoms with Gasteiger partial charge in [-0.05, 0) is 48.9 Å². The first-order chi connectivity index (χ1) is 14.1. The third-order valence-corrected chi connectivity index (χ3v) is 7.06. The fourth-order valence-electron chi connectivity index (χ4n) is 4.84. The van der Waals surface area contributed by atoms with Gasteiger partial charge < -0.3 is 9.64 Å². The van der Waals surface area contributed by atoms with Crippen LogP contribution in [0.25, 0.3) is 0 Å².